The Morgan fingerprint density at radius 2 is 1.78 bits per heavy atom. The van der Waals surface area contributed by atoms with Crippen LogP contribution >= 0.6 is 0 Å². The fourth-order valence-corrected chi connectivity index (χ4v) is 4.61. The molecule has 1 aromatic heterocycles. The summed E-state index contributed by atoms with van der Waals surface area (Å²) >= 11 is 0. The van der Waals surface area contributed by atoms with Gasteiger partial charge in [-0.05, 0) is 66.9 Å². The molecule has 5 rings (SSSR count). The van der Waals surface area contributed by atoms with Crippen molar-refractivity contribution in [2.75, 3.05) is 11.9 Å². The van der Waals surface area contributed by atoms with Crippen LogP contribution in [0.25, 0.3) is 11.3 Å². The number of carbonyl (C=O) groups excluding carboxylic acids is 2. The van der Waals surface area contributed by atoms with Gasteiger partial charge in [0.2, 0.25) is 0 Å². The van der Waals surface area contributed by atoms with Gasteiger partial charge in [0.05, 0.1) is 0 Å². The molecular formula is C31H29FN2O3. The lowest BCUT2D eigenvalue weighted by molar-refractivity contribution is 0.0729. The van der Waals surface area contributed by atoms with Crippen LogP contribution in [0.4, 0.5) is 10.1 Å². The summed E-state index contributed by atoms with van der Waals surface area (Å²) in [5, 5.41) is 2.97. The number of furan rings is 1. The van der Waals surface area contributed by atoms with Gasteiger partial charge in [-0.25, -0.2) is 4.39 Å². The summed E-state index contributed by atoms with van der Waals surface area (Å²) in [5.74, 6) is 0.739. The highest BCUT2D eigenvalue weighted by Gasteiger charge is 2.25. The predicted molar refractivity (Wildman–Crippen MR) is 142 cm³/mol. The van der Waals surface area contributed by atoms with Gasteiger partial charge < -0.3 is 14.6 Å². The van der Waals surface area contributed by atoms with Crippen molar-refractivity contribution in [2.24, 2.45) is 0 Å². The van der Waals surface area contributed by atoms with Crippen molar-refractivity contribution < 1.29 is 18.4 Å². The van der Waals surface area contributed by atoms with E-state index in [1.165, 1.54) is 17.7 Å². The second-order valence-corrected chi connectivity index (χ2v) is 9.38. The van der Waals surface area contributed by atoms with Crippen LogP contribution in [-0.2, 0) is 19.4 Å². The van der Waals surface area contributed by atoms with Crippen LogP contribution in [-0.4, -0.2) is 23.3 Å². The maximum absolute atomic E-state index is 13.6. The highest BCUT2D eigenvalue weighted by Crippen LogP contribution is 2.31. The van der Waals surface area contributed by atoms with E-state index in [1.807, 2.05) is 54.6 Å². The van der Waals surface area contributed by atoms with Crippen LogP contribution in [0, 0.1) is 5.82 Å². The molecule has 0 saturated carbocycles. The van der Waals surface area contributed by atoms with Gasteiger partial charge in [-0.15, -0.1) is 0 Å². The summed E-state index contributed by atoms with van der Waals surface area (Å²) in [6.45, 7) is 3.07. The van der Waals surface area contributed by atoms with E-state index in [0.29, 0.717) is 42.1 Å². The topological polar surface area (TPSA) is 62.6 Å². The summed E-state index contributed by atoms with van der Waals surface area (Å²) < 4.78 is 19.7. The number of amides is 2. The van der Waals surface area contributed by atoms with E-state index in [4.69, 9.17) is 4.42 Å². The number of rotatable bonds is 7. The maximum atomic E-state index is 13.6. The van der Waals surface area contributed by atoms with Gasteiger partial charge in [0.25, 0.3) is 11.8 Å². The molecule has 0 saturated heterocycles. The van der Waals surface area contributed by atoms with Gasteiger partial charge in [-0.1, -0.05) is 43.7 Å². The van der Waals surface area contributed by atoms with E-state index in [2.05, 4.69) is 12.2 Å². The Hall–Kier alpha value is -4.19. The quantitative estimate of drug-likeness (QED) is 0.303. The fourth-order valence-electron chi connectivity index (χ4n) is 4.61. The lowest BCUT2D eigenvalue weighted by Gasteiger charge is -2.26. The largest absolute Gasteiger partial charge is 0.461 e. The number of hydrogen-bond acceptors (Lipinski definition) is 3. The Morgan fingerprint density at radius 1 is 0.973 bits per heavy atom. The molecule has 5 nitrogen and oxygen atoms in total. The summed E-state index contributed by atoms with van der Waals surface area (Å²) in [4.78, 5) is 27.4. The SMILES string of the molecule is CCCCc1ccc(C(=O)Nc2cccc(-c3cc4c(o3)CCN(C(=O)c3cccc(F)c3)C4)c2)cc1. The molecule has 3 aromatic carbocycles. The Morgan fingerprint density at radius 3 is 2.57 bits per heavy atom. The third-order valence-electron chi connectivity index (χ3n) is 6.67. The molecule has 2 heterocycles. The molecule has 0 radical (unpaired) electrons. The van der Waals surface area contributed by atoms with Gasteiger partial charge in [0.15, 0.2) is 0 Å². The summed E-state index contributed by atoms with van der Waals surface area (Å²) in [6, 6.07) is 23.0. The highest BCUT2D eigenvalue weighted by atomic mass is 19.1. The van der Waals surface area contributed by atoms with Crippen LogP contribution in [0.5, 0.6) is 0 Å². The molecule has 6 heteroatoms. The van der Waals surface area contributed by atoms with E-state index in [1.54, 1.807) is 17.0 Å². The average Bonchev–Trinajstić information content (AvgIpc) is 3.35. The van der Waals surface area contributed by atoms with Crippen LogP contribution in [0.15, 0.2) is 83.3 Å². The standard InChI is InChI=1S/C31H29FN2O3/c1-2-3-6-21-11-13-22(14-12-21)30(35)33-27-10-5-7-23(18-27)29-19-25-20-34(16-15-28(25)37-29)31(36)24-8-4-9-26(32)17-24/h4-5,7-14,17-19H,2-3,6,15-16,20H2,1H3,(H,33,35). The zero-order chi connectivity index (χ0) is 25.8. The molecule has 0 spiro atoms. The highest BCUT2D eigenvalue weighted by molar-refractivity contribution is 6.04. The number of nitrogens with one attached hydrogen (secondary N) is 1. The lowest BCUT2D eigenvalue weighted by Crippen LogP contribution is -2.35. The molecular weight excluding hydrogens is 467 g/mol. The van der Waals surface area contributed by atoms with Crippen molar-refractivity contribution in [3.63, 3.8) is 0 Å². The van der Waals surface area contributed by atoms with Crippen molar-refractivity contribution in [3.8, 4) is 11.3 Å². The van der Waals surface area contributed by atoms with Crippen molar-refractivity contribution >= 4 is 17.5 Å². The number of hydrogen-bond donors (Lipinski definition) is 1. The number of fused-ring (bicyclic) bond motifs is 1. The predicted octanol–water partition coefficient (Wildman–Crippen LogP) is 6.88. The average molecular weight is 497 g/mol. The molecule has 0 aliphatic carbocycles. The number of nitrogens with zero attached hydrogens (tertiary/aromatic N) is 1. The zero-order valence-corrected chi connectivity index (χ0v) is 20.8. The van der Waals surface area contributed by atoms with Crippen molar-refractivity contribution in [1.82, 2.24) is 4.90 Å². The summed E-state index contributed by atoms with van der Waals surface area (Å²) in [5.41, 5.74) is 4.63. The van der Waals surface area contributed by atoms with E-state index in [9.17, 15) is 14.0 Å². The van der Waals surface area contributed by atoms with Gasteiger partial charge in [-0.2, -0.15) is 0 Å². The van der Waals surface area contributed by atoms with Crippen LogP contribution < -0.4 is 5.32 Å². The molecule has 1 N–H and O–H groups in total. The van der Waals surface area contributed by atoms with Gasteiger partial charge in [-0.3, -0.25) is 9.59 Å². The normalized spacial score (nSPS) is 12.8. The minimum absolute atomic E-state index is 0.163. The van der Waals surface area contributed by atoms with Crippen molar-refractivity contribution in [1.29, 1.82) is 0 Å². The Balaban J connectivity index is 1.27. The Bertz CT molecular complexity index is 1420. The third-order valence-corrected chi connectivity index (χ3v) is 6.67. The Kier molecular flexibility index (Phi) is 7.17. The van der Waals surface area contributed by atoms with E-state index < -0.39 is 5.82 Å². The van der Waals surface area contributed by atoms with E-state index >= 15 is 0 Å². The molecule has 1 aliphatic heterocycles. The number of aryl methyl sites for hydroxylation is 1. The summed E-state index contributed by atoms with van der Waals surface area (Å²) in [7, 11) is 0. The lowest BCUT2D eigenvalue weighted by atomic mass is 10.1. The van der Waals surface area contributed by atoms with Crippen molar-refractivity contribution in [3.05, 3.63) is 113 Å². The first-order valence-corrected chi connectivity index (χ1v) is 12.7. The molecule has 0 bridgehead atoms. The van der Waals surface area contributed by atoms with Gasteiger partial charge >= 0.3 is 0 Å². The van der Waals surface area contributed by atoms with Crippen molar-refractivity contribution in [2.45, 2.75) is 39.2 Å². The number of halogens is 1. The number of anilines is 1. The van der Waals surface area contributed by atoms with E-state index in [0.717, 1.165) is 36.1 Å². The zero-order valence-electron chi connectivity index (χ0n) is 20.8. The van der Waals surface area contributed by atoms with Crippen LogP contribution in [0.3, 0.4) is 0 Å². The molecule has 37 heavy (non-hydrogen) atoms. The maximum Gasteiger partial charge on any atom is 0.255 e. The minimum Gasteiger partial charge on any atom is -0.461 e. The molecule has 0 unspecified atom stereocenters. The van der Waals surface area contributed by atoms with Gasteiger partial charge in [0.1, 0.15) is 17.3 Å². The molecule has 2 amide bonds. The van der Waals surface area contributed by atoms with Crippen LogP contribution in [0.1, 0.15) is 57.4 Å². The first-order valence-electron chi connectivity index (χ1n) is 12.7. The second-order valence-electron chi connectivity index (χ2n) is 9.38. The smallest absolute Gasteiger partial charge is 0.255 e. The number of benzene rings is 3. The first kappa shape index (κ1) is 24.5. The third kappa shape index (κ3) is 5.64. The molecule has 0 atom stereocenters. The molecule has 4 aromatic rings. The Labute approximate surface area is 215 Å². The minimum atomic E-state index is -0.426. The monoisotopic (exact) mass is 496 g/mol. The number of unbranched alkanes of at least 4 members (excludes halogenated alkanes) is 1. The number of carbonyl (C=O) groups is 2. The molecule has 188 valence electrons. The fraction of sp³-hybridized carbons (Fsp3) is 0.226. The van der Waals surface area contributed by atoms with E-state index in [-0.39, 0.29) is 11.8 Å². The second kappa shape index (κ2) is 10.8. The molecule has 0 fully saturated rings. The van der Waals surface area contributed by atoms with Gasteiger partial charge in [0, 0.05) is 47.5 Å². The molecule has 1 aliphatic rings. The summed E-state index contributed by atoms with van der Waals surface area (Å²) in [6.07, 6.45) is 3.88. The first-order chi connectivity index (χ1) is 18.0. The van der Waals surface area contributed by atoms with Crippen LogP contribution in [0.2, 0.25) is 0 Å².